The fourth-order valence-electron chi connectivity index (χ4n) is 4.95. The number of likely N-dealkylation sites (tertiary alicyclic amines) is 1. The quantitative estimate of drug-likeness (QED) is 0.751. The highest BCUT2D eigenvalue weighted by Crippen LogP contribution is 2.48. The van der Waals surface area contributed by atoms with E-state index in [0.29, 0.717) is 0 Å². The summed E-state index contributed by atoms with van der Waals surface area (Å²) in [4.78, 5) is 15.1. The van der Waals surface area contributed by atoms with Gasteiger partial charge in [-0.25, -0.2) is 4.39 Å². The Kier molecular flexibility index (Phi) is 4.96. The lowest BCUT2D eigenvalue weighted by Crippen LogP contribution is -2.45. The zero-order chi connectivity index (χ0) is 20.7. The largest absolute Gasteiger partial charge is 0.394 e. The summed E-state index contributed by atoms with van der Waals surface area (Å²) in [6.45, 7) is 0.798. The van der Waals surface area contributed by atoms with Crippen molar-refractivity contribution < 1.29 is 14.3 Å². The average molecular weight is 404 g/mol. The monoisotopic (exact) mass is 404 g/mol. The second kappa shape index (κ2) is 7.77. The van der Waals surface area contributed by atoms with Crippen molar-refractivity contribution in [3.63, 3.8) is 0 Å². The fourth-order valence-corrected chi connectivity index (χ4v) is 4.95. The molecule has 0 aromatic heterocycles. The number of halogens is 1. The molecule has 3 aliphatic rings. The molecule has 5 rings (SSSR count). The Morgan fingerprint density at radius 1 is 1.10 bits per heavy atom. The Labute approximate surface area is 176 Å². The molecule has 0 bridgehead atoms. The van der Waals surface area contributed by atoms with Crippen LogP contribution >= 0.6 is 0 Å². The number of hydrogen-bond donors (Lipinski definition) is 2. The van der Waals surface area contributed by atoms with Crippen molar-refractivity contribution in [3.05, 3.63) is 65.0 Å². The van der Waals surface area contributed by atoms with Crippen LogP contribution in [0.5, 0.6) is 0 Å². The van der Waals surface area contributed by atoms with Gasteiger partial charge in [-0.1, -0.05) is 18.3 Å². The van der Waals surface area contributed by atoms with Gasteiger partial charge in [0.2, 0.25) is 5.91 Å². The van der Waals surface area contributed by atoms with Gasteiger partial charge in [-0.15, -0.1) is 0 Å². The maximum absolute atomic E-state index is 13.1. The molecule has 0 spiro atoms. The molecule has 5 heteroatoms. The van der Waals surface area contributed by atoms with Gasteiger partial charge in [-0.3, -0.25) is 4.79 Å². The van der Waals surface area contributed by atoms with Gasteiger partial charge in [0.05, 0.1) is 18.7 Å². The number of hydrogen-bond acceptors (Lipinski definition) is 3. The molecule has 2 aromatic carbocycles. The second-order valence-electron chi connectivity index (χ2n) is 8.55. The molecule has 0 unspecified atom stereocenters. The van der Waals surface area contributed by atoms with Gasteiger partial charge in [0.1, 0.15) is 5.82 Å². The van der Waals surface area contributed by atoms with Crippen LogP contribution in [-0.2, 0) is 4.79 Å². The third-order valence-electron chi connectivity index (χ3n) is 6.80. The van der Waals surface area contributed by atoms with Crippen LogP contribution in [0.4, 0.5) is 10.1 Å². The highest BCUT2D eigenvalue weighted by molar-refractivity contribution is 5.81. The zero-order valence-corrected chi connectivity index (χ0v) is 16.8. The van der Waals surface area contributed by atoms with E-state index in [4.69, 9.17) is 0 Å². The third kappa shape index (κ3) is 3.36. The Morgan fingerprint density at radius 2 is 1.83 bits per heavy atom. The lowest BCUT2D eigenvalue weighted by molar-refractivity contribution is -0.139. The summed E-state index contributed by atoms with van der Waals surface area (Å²) in [5, 5.41) is 13.4. The Hall–Kier alpha value is -2.84. The summed E-state index contributed by atoms with van der Waals surface area (Å²) in [6.07, 6.45) is 4.01. The number of aliphatic hydroxyl groups is 1. The number of carbonyl (C=O) groups excluding carboxylic acids is 1. The van der Waals surface area contributed by atoms with E-state index >= 15 is 0 Å². The number of carbonyl (C=O) groups is 1. The minimum absolute atomic E-state index is 0.0147. The number of nitrogens with zero attached hydrogens (tertiary/aromatic N) is 1. The van der Waals surface area contributed by atoms with Gasteiger partial charge in [0.15, 0.2) is 0 Å². The van der Waals surface area contributed by atoms with Crippen molar-refractivity contribution in [1.29, 1.82) is 0 Å². The average Bonchev–Trinajstić information content (AvgIpc) is 3.17. The van der Waals surface area contributed by atoms with Gasteiger partial charge < -0.3 is 15.3 Å². The molecule has 1 saturated carbocycles. The standard InChI is InChI=1S/C25H25FN2O2/c26-19-9-6-16(7-10-19)4-5-17-8-11-22-21(14-17)24-20(23(15-29)27-22)12-13-28(24)25(30)18-2-1-3-18/h6-11,14,18,20,23-24,27,29H,1-3,12-13,15H2/t20-,23+,24-/m0/s1. The maximum Gasteiger partial charge on any atom is 0.226 e. The molecule has 1 saturated heterocycles. The van der Waals surface area contributed by atoms with Gasteiger partial charge in [0, 0.05) is 35.2 Å². The molecule has 4 nitrogen and oxygen atoms in total. The van der Waals surface area contributed by atoms with Crippen molar-refractivity contribution in [1.82, 2.24) is 4.90 Å². The van der Waals surface area contributed by atoms with Gasteiger partial charge >= 0.3 is 0 Å². The van der Waals surface area contributed by atoms with Crippen molar-refractivity contribution in [2.45, 2.75) is 37.8 Å². The van der Waals surface area contributed by atoms with E-state index in [1.165, 1.54) is 12.1 Å². The summed E-state index contributed by atoms with van der Waals surface area (Å²) in [5.41, 5.74) is 3.67. The molecule has 2 N–H and O–H groups in total. The molecule has 2 fully saturated rings. The van der Waals surface area contributed by atoms with Crippen molar-refractivity contribution >= 4 is 11.6 Å². The number of benzene rings is 2. The lowest BCUT2D eigenvalue weighted by Gasteiger charge is -2.41. The minimum Gasteiger partial charge on any atom is -0.394 e. The number of fused-ring (bicyclic) bond motifs is 3. The van der Waals surface area contributed by atoms with Crippen LogP contribution in [0.1, 0.15) is 48.4 Å². The third-order valence-corrected chi connectivity index (χ3v) is 6.80. The van der Waals surface area contributed by atoms with E-state index in [1.807, 2.05) is 17.0 Å². The first-order chi connectivity index (χ1) is 14.6. The topological polar surface area (TPSA) is 52.6 Å². The molecule has 2 aliphatic heterocycles. The number of rotatable bonds is 2. The first-order valence-corrected chi connectivity index (χ1v) is 10.7. The number of aliphatic hydroxyl groups excluding tert-OH is 1. The summed E-state index contributed by atoms with van der Waals surface area (Å²) in [7, 11) is 0. The van der Waals surface area contributed by atoms with E-state index in [1.54, 1.807) is 12.1 Å². The molecule has 3 atom stereocenters. The molecule has 1 amide bonds. The van der Waals surface area contributed by atoms with E-state index in [0.717, 1.165) is 54.6 Å². The molecule has 154 valence electrons. The van der Waals surface area contributed by atoms with Crippen LogP contribution in [0.2, 0.25) is 0 Å². The van der Waals surface area contributed by atoms with Crippen LogP contribution in [-0.4, -0.2) is 35.1 Å². The highest BCUT2D eigenvalue weighted by Gasteiger charge is 2.47. The van der Waals surface area contributed by atoms with Gasteiger partial charge in [-0.2, -0.15) is 0 Å². The predicted molar refractivity (Wildman–Crippen MR) is 113 cm³/mol. The Morgan fingerprint density at radius 3 is 2.53 bits per heavy atom. The molecular formula is C25H25FN2O2. The zero-order valence-electron chi connectivity index (χ0n) is 16.8. The summed E-state index contributed by atoms with van der Waals surface area (Å²) in [6, 6.07) is 12.1. The smallest absolute Gasteiger partial charge is 0.226 e. The van der Waals surface area contributed by atoms with Gasteiger partial charge in [0.25, 0.3) is 0 Å². The number of nitrogens with one attached hydrogen (secondary N) is 1. The van der Waals surface area contributed by atoms with Crippen LogP contribution in [0.15, 0.2) is 42.5 Å². The predicted octanol–water partition coefficient (Wildman–Crippen LogP) is 3.70. The fraction of sp³-hybridized carbons (Fsp3) is 0.400. The number of amides is 1. The molecular weight excluding hydrogens is 379 g/mol. The molecule has 1 aliphatic carbocycles. The normalized spacial score (nSPS) is 24.7. The van der Waals surface area contributed by atoms with Crippen molar-refractivity contribution in [3.8, 4) is 11.8 Å². The second-order valence-corrected chi connectivity index (χ2v) is 8.55. The van der Waals surface area contributed by atoms with Crippen LogP contribution in [0.3, 0.4) is 0 Å². The highest BCUT2D eigenvalue weighted by atomic mass is 19.1. The van der Waals surface area contributed by atoms with Gasteiger partial charge in [-0.05, 0) is 67.3 Å². The van der Waals surface area contributed by atoms with E-state index in [9.17, 15) is 14.3 Å². The molecule has 30 heavy (non-hydrogen) atoms. The lowest BCUT2D eigenvalue weighted by atomic mass is 9.81. The maximum atomic E-state index is 13.1. The summed E-state index contributed by atoms with van der Waals surface area (Å²) in [5.74, 6) is 6.61. The van der Waals surface area contributed by atoms with Crippen molar-refractivity contribution in [2.75, 3.05) is 18.5 Å². The van der Waals surface area contributed by atoms with Crippen LogP contribution < -0.4 is 5.32 Å². The minimum atomic E-state index is -0.276. The first kappa shape index (κ1) is 19.1. The summed E-state index contributed by atoms with van der Waals surface area (Å²) < 4.78 is 13.1. The van der Waals surface area contributed by atoms with Crippen molar-refractivity contribution in [2.24, 2.45) is 11.8 Å². The summed E-state index contributed by atoms with van der Waals surface area (Å²) >= 11 is 0. The SMILES string of the molecule is O=C(C1CCC1)N1CC[C@@H]2[C@H]1c1cc(C#Cc3ccc(F)cc3)ccc1N[C@@H]2CO. The van der Waals surface area contributed by atoms with E-state index in [2.05, 4.69) is 23.2 Å². The molecule has 2 heterocycles. The van der Waals surface area contributed by atoms with E-state index in [-0.39, 0.29) is 42.3 Å². The Bertz CT molecular complexity index is 1020. The Balaban J connectivity index is 1.48. The number of anilines is 1. The molecule has 0 radical (unpaired) electrons. The molecule has 2 aromatic rings. The van der Waals surface area contributed by atoms with E-state index < -0.39 is 0 Å². The van der Waals surface area contributed by atoms with Crippen LogP contribution in [0.25, 0.3) is 0 Å². The van der Waals surface area contributed by atoms with Crippen LogP contribution in [0, 0.1) is 29.5 Å². The first-order valence-electron chi connectivity index (χ1n) is 10.7.